The first-order valence-corrected chi connectivity index (χ1v) is 6.44. The topological polar surface area (TPSA) is 49.7 Å². The predicted octanol–water partition coefficient (Wildman–Crippen LogP) is 3.39. The van der Waals surface area contributed by atoms with Gasteiger partial charge in [0.1, 0.15) is 0 Å². The molecule has 0 aromatic heterocycles. The molecule has 1 aromatic carbocycles. The van der Waals surface area contributed by atoms with E-state index in [0.717, 1.165) is 31.2 Å². The Morgan fingerprint density at radius 1 is 1.22 bits per heavy atom. The molecule has 1 saturated carbocycles. The van der Waals surface area contributed by atoms with E-state index in [9.17, 15) is 4.79 Å². The average Bonchev–Trinajstić information content (AvgIpc) is 2.42. The van der Waals surface area contributed by atoms with E-state index < -0.39 is 5.97 Å². The molecule has 0 spiro atoms. The Morgan fingerprint density at radius 3 is 2.28 bits per heavy atom. The normalized spacial score (nSPS) is 16.1. The van der Waals surface area contributed by atoms with Gasteiger partial charge in [-0.05, 0) is 18.4 Å². The molecule has 18 heavy (non-hydrogen) atoms. The van der Waals surface area contributed by atoms with Crippen LogP contribution < -0.4 is 0 Å². The molecule has 0 unspecified atom stereocenters. The molecular weight excluding hydrogens is 226 g/mol. The van der Waals surface area contributed by atoms with Crippen molar-refractivity contribution in [1.82, 2.24) is 0 Å². The Morgan fingerprint density at radius 2 is 1.83 bits per heavy atom. The number of rotatable bonds is 2. The molecular formula is C15H21NO2. The van der Waals surface area contributed by atoms with Gasteiger partial charge in [-0.1, -0.05) is 49.6 Å². The van der Waals surface area contributed by atoms with E-state index in [2.05, 4.69) is 4.99 Å². The van der Waals surface area contributed by atoms with Gasteiger partial charge in [-0.15, -0.1) is 0 Å². The molecule has 98 valence electrons. The maximum Gasteiger partial charge on any atom is 0.306 e. The number of hydrogen-bond acceptors (Lipinski definition) is 2. The molecule has 0 radical (unpaired) electrons. The van der Waals surface area contributed by atoms with E-state index >= 15 is 0 Å². The fraction of sp³-hybridized carbons (Fsp3) is 0.467. The highest BCUT2D eigenvalue weighted by atomic mass is 16.4. The zero-order chi connectivity index (χ0) is 13.2. The van der Waals surface area contributed by atoms with Crippen LogP contribution in [0.5, 0.6) is 0 Å². The van der Waals surface area contributed by atoms with E-state index in [1.807, 2.05) is 36.5 Å². The van der Waals surface area contributed by atoms with Crippen molar-refractivity contribution in [3.8, 4) is 0 Å². The average molecular weight is 247 g/mol. The summed E-state index contributed by atoms with van der Waals surface area (Å²) >= 11 is 0. The van der Waals surface area contributed by atoms with Crippen LogP contribution in [-0.2, 0) is 4.79 Å². The van der Waals surface area contributed by atoms with Crippen LogP contribution in [-0.4, -0.2) is 24.3 Å². The van der Waals surface area contributed by atoms with E-state index in [0.29, 0.717) is 0 Å². The maximum atomic E-state index is 10.4. The third-order valence-electron chi connectivity index (χ3n) is 3.03. The molecule has 0 heterocycles. The molecule has 0 bridgehead atoms. The molecule has 0 aliphatic heterocycles. The number of aliphatic carboxylic acids is 1. The summed E-state index contributed by atoms with van der Waals surface area (Å²) in [5.74, 6) is -0.631. The van der Waals surface area contributed by atoms with Crippen LogP contribution in [0.25, 0.3) is 0 Å². The molecule has 1 fully saturated rings. The molecule has 1 aliphatic carbocycles. The van der Waals surface area contributed by atoms with Crippen molar-refractivity contribution < 1.29 is 9.90 Å². The van der Waals surface area contributed by atoms with Crippen LogP contribution >= 0.6 is 0 Å². The van der Waals surface area contributed by atoms with Gasteiger partial charge in [0.2, 0.25) is 0 Å². The van der Waals surface area contributed by atoms with Crippen LogP contribution in [0.3, 0.4) is 0 Å². The van der Waals surface area contributed by atoms with Crippen molar-refractivity contribution >= 4 is 12.2 Å². The zero-order valence-electron chi connectivity index (χ0n) is 10.9. The Bertz CT molecular complexity index is 367. The Kier molecular flexibility index (Phi) is 6.77. The maximum absolute atomic E-state index is 10.4. The lowest BCUT2D eigenvalue weighted by Crippen LogP contribution is -2.16. The van der Waals surface area contributed by atoms with Crippen LogP contribution in [0.15, 0.2) is 35.3 Å². The van der Waals surface area contributed by atoms with Crippen molar-refractivity contribution in [2.45, 2.75) is 32.1 Å². The highest BCUT2D eigenvalue weighted by molar-refractivity contribution is 5.79. The summed E-state index contributed by atoms with van der Waals surface area (Å²) in [5, 5.41) is 8.54. The minimum absolute atomic E-state index is 0.0289. The van der Waals surface area contributed by atoms with Gasteiger partial charge in [0, 0.05) is 13.3 Å². The van der Waals surface area contributed by atoms with Crippen molar-refractivity contribution in [3.05, 3.63) is 35.9 Å². The van der Waals surface area contributed by atoms with E-state index in [1.54, 1.807) is 7.05 Å². The Labute approximate surface area is 109 Å². The van der Waals surface area contributed by atoms with E-state index in [4.69, 9.17) is 5.11 Å². The zero-order valence-corrected chi connectivity index (χ0v) is 10.9. The first-order valence-electron chi connectivity index (χ1n) is 6.44. The Hall–Kier alpha value is -1.64. The molecule has 3 nitrogen and oxygen atoms in total. The molecule has 3 heteroatoms. The molecule has 0 saturated heterocycles. The van der Waals surface area contributed by atoms with Crippen LogP contribution in [0, 0.1) is 5.92 Å². The minimum Gasteiger partial charge on any atom is -0.481 e. The number of carboxylic acid groups (broad SMARTS) is 1. The smallest absolute Gasteiger partial charge is 0.306 e. The number of hydrogen-bond donors (Lipinski definition) is 1. The molecule has 0 atom stereocenters. The van der Waals surface area contributed by atoms with Crippen molar-refractivity contribution in [1.29, 1.82) is 0 Å². The summed E-state index contributed by atoms with van der Waals surface area (Å²) < 4.78 is 0. The largest absolute Gasteiger partial charge is 0.481 e. The lowest BCUT2D eigenvalue weighted by molar-refractivity contribution is -0.142. The third kappa shape index (κ3) is 5.62. The number of carboxylic acids is 1. The number of aliphatic imine (C=N–C) groups is 1. The second-order valence-corrected chi connectivity index (χ2v) is 4.47. The van der Waals surface area contributed by atoms with Gasteiger partial charge in [0.05, 0.1) is 5.92 Å². The van der Waals surface area contributed by atoms with Gasteiger partial charge in [0.15, 0.2) is 0 Å². The molecule has 1 aromatic rings. The number of benzene rings is 1. The second-order valence-electron chi connectivity index (χ2n) is 4.47. The van der Waals surface area contributed by atoms with E-state index in [-0.39, 0.29) is 5.92 Å². The molecule has 1 N–H and O–H groups in total. The molecule has 2 rings (SSSR count). The summed E-state index contributed by atoms with van der Waals surface area (Å²) in [5.41, 5.74) is 1.15. The highest BCUT2D eigenvalue weighted by Gasteiger charge is 2.19. The van der Waals surface area contributed by atoms with Crippen molar-refractivity contribution in [2.24, 2.45) is 10.9 Å². The van der Waals surface area contributed by atoms with Crippen LogP contribution in [0.2, 0.25) is 0 Å². The van der Waals surface area contributed by atoms with Gasteiger partial charge in [-0.3, -0.25) is 9.79 Å². The standard InChI is InChI=1S/C8H9N.C7H12O2/c1-9-7-8-5-3-2-4-6-8;8-7(9)6-4-2-1-3-5-6/h2-7H,1H3;6H,1-5H2,(H,8,9). The van der Waals surface area contributed by atoms with Crippen LogP contribution in [0.4, 0.5) is 0 Å². The summed E-state index contributed by atoms with van der Waals surface area (Å²) in [4.78, 5) is 14.2. The molecule has 1 aliphatic rings. The SMILES string of the molecule is CN=Cc1ccccc1.O=C(O)C1CCCCC1. The van der Waals surface area contributed by atoms with E-state index in [1.165, 1.54) is 6.42 Å². The lowest BCUT2D eigenvalue weighted by atomic mass is 9.90. The van der Waals surface area contributed by atoms with Crippen molar-refractivity contribution in [3.63, 3.8) is 0 Å². The fourth-order valence-corrected chi connectivity index (χ4v) is 2.04. The van der Waals surface area contributed by atoms with Gasteiger partial charge in [-0.25, -0.2) is 0 Å². The van der Waals surface area contributed by atoms with Gasteiger partial charge in [-0.2, -0.15) is 0 Å². The number of nitrogens with zero attached hydrogens (tertiary/aromatic N) is 1. The summed E-state index contributed by atoms with van der Waals surface area (Å²) in [6.45, 7) is 0. The van der Waals surface area contributed by atoms with Gasteiger partial charge < -0.3 is 5.11 Å². The van der Waals surface area contributed by atoms with Gasteiger partial charge >= 0.3 is 5.97 Å². The van der Waals surface area contributed by atoms with Crippen LogP contribution in [0.1, 0.15) is 37.7 Å². The monoisotopic (exact) mass is 247 g/mol. The minimum atomic E-state index is -0.602. The Balaban J connectivity index is 0.000000180. The summed E-state index contributed by atoms with van der Waals surface area (Å²) in [7, 11) is 1.77. The van der Waals surface area contributed by atoms with Gasteiger partial charge in [0.25, 0.3) is 0 Å². The fourth-order valence-electron chi connectivity index (χ4n) is 2.04. The lowest BCUT2D eigenvalue weighted by Gasteiger charge is -2.16. The van der Waals surface area contributed by atoms with Crippen molar-refractivity contribution in [2.75, 3.05) is 7.05 Å². The first-order chi connectivity index (χ1) is 8.74. The predicted molar refractivity (Wildman–Crippen MR) is 74.2 cm³/mol. The third-order valence-corrected chi connectivity index (χ3v) is 3.03. The quantitative estimate of drug-likeness (QED) is 0.814. The summed E-state index contributed by atoms with van der Waals surface area (Å²) in [6, 6.07) is 10.0. The summed E-state index contributed by atoms with van der Waals surface area (Å²) in [6.07, 6.45) is 7.07. The number of carbonyl (C=O) groups is 1. The first kappa shape index (κ1) is 14.4. The molecule has 0 amide bonds. The second kappa shape index (κ2) is 8.45. The highest BCUT2D eigenvalue weighted by Crippen LogP contribution is 2.23.